The van der Waals surface area contributed by atoms with E-state index in [-0.39, 0.29) is 0 Å². The highest BCUT2D eigenvalue weighted by Gasteiger charge is 2.24. The fourth-order valence-electron chi connectivity index (χ4n) is 3.10. The van der Waals surface area contributed by atoms with Gasteiger partial charge in [0.15, 0.2) is 0 Å². The van der Waals surface area contributed by atoms with Crippen LogP contribution in [0.5, 0.6) is 0 Å². The number of benzene rings is 1. The van der Waals surface area contributed by atoms with Gasteiger partial charge in [0.25, 0.3) is 0 Å². The summed E-state index contributed by atoms with van der Waals surface area (Å²) in [5.74, 6) is 1.16. The van der Waals surface area contributed by atoms with Crippen molar-refractivity contribution in [1.82, 2.24) is 4.98 Å². The summed E-state index contributed by atoms with van der Waals surface area (Å²) >= 11 is 3.59. The number of pyridine rings is 1. The van der Waals surface area contributed by atoms with Gasteiger partial charge in [0.2, 0.25) is 0 Å². The molecule has 0 unspecified atom stereocenters. The number of hydrogen-bond donors (Lipinski definition) is 0. The molecule has 3 heteroatoms. The Hall–Kier alpha value is -1.09. The van der Waals surface area contributed by atoms with Crippen LogP contribution in [0.4, 0.5) is 5.82 Å². The molecule has 3 rings (SSSR count). The predicted octanol–water partition coefficient (Wildman–Crippen LogP) is 4.38. The second kappa shape index (κ2) is 5.91. The summed E-state index contributed by atoms with van der Waals surface area (Å²) in [4.78, 5) is 7.18. The summed E-state index contributed by atoms with van der Waals surface area (Å²) < 4.78 is 0. The molecule has 0 spiro atoms. The van der Waals surface area contributed by atoms with Crippen molar-refractivity contribution in [2.45, 2.75) is 31.7 Å². The average molecular weight is 319 g/mol. The largest absolute Gasteiger partial charge is 0.352 e. The van der Waals surface area contributed by atoms with E-state index >= 15 is 0 Å². The molecule has 1 aliphatic carbocycles. The minimum Gasteiger partial charge on any atom is -0.352 e. The van der Waals surface area contributed by atoms with Crippen LogP contribution in [0.25, 0.3) is 10.8 Å². The topological polar surface area (TPSA) is 16.1 Å². The minimum absolute atomic E-state index is 0.663. The van der Waals surface area contributed by atoms with E-state index in [2.05, 4.69) is 56.1 Å². The molecular formula is C16H19BrN2. The highest BCUT2D eigenvalue weighted by Crippen LogP contribution is 2.31. The molecule has 1 aliphatic rings. The first kappa shape index (κ1) is 12.9. The van der Waals surface area contributed by atoms with Crippen molar-refractivity contribution >= 4 is 32.5 Å². The molecule has 1 heterocycles. The van der Waals surface area contributed by atoms with Crippen molar-refractivity contribution in [2.75, 3.05) is 16.8 Å². The third-order valence-corrected chi connectivity index (χ3v) is 4.37. The first-order valence-corrected chi connectivity index (χ1v) is 8.18. The highest BCUT2D eigenvalue weighted by molar-refractivity contribution is 9.09. The number of rotatable bonds is 4. The molecule has 2 nitrogen and oxygen atoms in total. The Balaban J connectivity index is 2.03. The van der Waals surface area contributed by atoms with Crippen LogP contribution < -0.4 is 4.90 Å². The van der Waals surface area contributed by atoms with Gasteiger partial charge in [-0.1, -0.05) is 53.0 Å². The maximum Gasteiger partial charge on any atom is 0.136 e. The van der Waals surface area contributed by atoms with Gasteiger partial charge >= 0.3 is 0 Å². The molecule has 1 aromatic carbocycles. The Bertz CT molecular complexity index is 544. The predicted molar refractivity (Wildman–Crippen MR) is 85.1 cm³/mol. The van der Waals surface area contributed by atoms with Crippen LogP contribution in [0.2, 0.25) is 0 Å². The first-order valence-electron chi connectivity index (χ1n) is 7.06. The monoisotopic (exact) mass is 318 g/mol. The minimum atomic E-state index is 0.663. The molecule has 0 aliphatic heterocycles. The number of fused-ring (bicyclic) bond motifs is 1. The Labute approximate surface area is 123 Å². The highest BCUT2D eigenvalue weighted by atomic mass is 79.9. The zero-order valence-electron chi connectivity index (χ0n) is 11.1. The van der Waals surface area contributed by atoms with Crippen LogP contribution in [-0.2, 0) is 0 Å². The standard InChI is InChI=1S/C16H19BrN2/c17-10-12-19(14-6-2-3-7-14)16-15-8-4-1-5-13(15)9-11-18-16/h1,4-5,8-9,11,14H,2-3,6-7,10,12H2. The van der Waals surface area contributed by atoms with Crippen LogP contribution in [-0.4, -0.2) is 22.9 Å². The van der Waals surface area contributed by atoms with E-state index in [9.17, 15) is 0 Å². The summed E-state index contributed by atoms with van der Waals surface area (Å²) in [5, 5.41) is 3.55. The fraction of sp³-hybridized carbons (Fsp3) is 0.438. The summed E-state index contributed by atoms with van der Waals surface area (Å²) in [7, 11) is 0. The lowest BCUT2D eigenvalue weighted by Crippen LogP contribution is -2.35. The van der Waals surface area contributed by atoms with Gasteiger partial charge in [-0.2, -0.15) is 0 Å². The third kappa shape index (κ3) is 2.62. The third-order valence-electron chi connectivity index (χ3n) is 4.02. The van der Waals surface area contributed by atoms with Gasteiger partial charge in [0.05, 0.1) is 0 Å². The lowest BCUT2D eigenvalue weighted by Gasteiger charge is -2.30. The maximum atomic E-state index is 4.68. The maximum absolute atomic E-state index is 4.68. The van der Waals surface area contributed by atoms with E-state index in [1.165, 1.54) is 36.5 Å². The molecule has 1 fully saturated rings. The second-order valence-corrected chi connectivity index (χ2v) is 5.97. The van der Waals surface area contributed by atoms with E-state index in [1.807, 2.05) is 6.20 Å². The first-order chi connectivity index (χ1) is 9.40. The number of nitrogens with zero attached hydrogens (tertiary/aromatic N) is 2. The molecule has 0 N–H and O–H groups in total. The molecule has 2 aromatic rings. The number of hydrogen-bond acceptors (Lipinski definition) is 2. The Morgan fingerprint density at radius 1 is 1.16 bits per heavy atom. The van der Waals surface area contributed by atoms with E-state index in [0.717, 1.165) is 17.7 Å². The van der Waals surface area contributed by atoms with Gasteiger partial charge in [-0.3, -0.25) is 0 Å². The summed E-state index contributed by atoms with van der Waals surface area (Å²) in [6, 6.07) is 11.3. The number of aromatic nitrogens is 1. The zero-order chi connectivity index (χ0) is 13.1. The summed E-state index contributed by atoms with van der Waals surface area (Å²) in [6.45, 7) is 1.03. The quantitative estimate of drug-likeness (QED) is 0.778. The molecule has 1 saturated carbocycles. The fourth-order valence-corrected chi connectivity index (χ4v) is 3.48. The SMILES string of the molecule is BrCCN(c1nccc2ccccc12)C1CCCC1. The van der Waals surface area contributed by atoms with Gasteiger partial charge in [0.1, 0.15) is 5.82 Å². The number of alkyl halides is 1. The zero-order valence-corrected chi connectivity index (χ0v) is 12.6. The second-order valence-electron chi connectivity index (χ2n) is 5.18. The lowest BCUT2D eigenvalue weighted by molar-refractivity contribution is 0.618. The van der Waals surface area contributed by atoms with E-state index < -0.39 is 0 Å². The number of halogens is 1. The Morgan fingerprint density at radius 3 is 2.74 bits per heavy atom. The van der Waals surface area contributed by atoms with Gasteiger partial charge in [-0.15, -0.1) is 0 Å². The van der Waals surface area contributed by atoms with E-state index in [0.29, 0.717) is 6.04 Å². The van der Waals surface area contributed by atoms with Crippen LogP contribution in [0.1, 0.15) is 25.7 Å². The average Bonchev–Trinajstić information content (AvgIpc) is 2.98. The van der Waals surface area contributed by atoms with Crippen molar-refractivity contribution in [1.29, 1.82) is 0 Å². The smallest absolute Gasteiger partial charge is 0.136 e. The molecule has 1 aromatic heterocycles. The van der Waals surface area contributed by atoms with Crippen LogP contribution in [0, 0.1) is 0 Å². The molecule has 19 heavy (non-hydrogen) atoms. The van der Waals surface area contributed by atoms with Gasteiger partial charge < -0.3 is 4.90 Å². The molecule has 0 bridgehead atoms. The van der Waals surface area contributed by atoms with Crippen molar-refractivity contribution in [2.24, 2.45) is 0 Å². The Kier molecular flexibility index (Phi) is 4.02. The van der Waals surface area contributed by atoms with Crippen molar-refractivity contribution in [3.63, 3.8) is 0 Å². The molecular weight excluding hydrogens is 300 g/mol. The summed E-state index contributed by atoms with van der Waals surface area (Å²) in [5.41, 5.74) is 0. The Morgan fingerprint density at radius 2 is 1.95 bits per heavy atom. The molecule has 100 valence electrons. The molecule has 0 atom stereocenters. The molecule has 0 saturated heterocycles. The van der Waals surface area contributed by atoms with Gasteiger partial charge in [-0.05, 0) is 24.3 Å². The number of anilines is 1. The normalized spacial score (nSPS) is 16.1. The van der Waals surface area contributed by atoms with E-state index in [4.69, 9.17) is 0 Å². The van der Waals surface area contributed by atoms with Crippen LogP contribution >= 0.6 is 15.9 Å². The molecule has 0 radical (unpaired) electrons. The van der Waals surface area contributed by atoms with Gasteiger partial charge in [-0.25, -0.2) is 4.98 Å². The van der Waals surface area contributed by atoms with Crippen LogP contribution in [0.15, 0.2) is 36.5 Å². The van der Waals surface area contributed by atoms with E-state index in [1.54, 1.807) is 0 Å². The van der Waals surface area contributed by atoms with Crippen molar-refractivity contribution < 1.29 is 0 Å². The molecule has 0 amide bonds. The van der Waals surface area contributed by atoms with Crippen LogP contribution in [0.3, 0.4) is 0 Å². The lowest BCUT2D eigenvalue weighted by atomic mass is 10.1. The van der Waals surface area contributed by atoms with Crippen molar-refractivity contribution in [3.05, 3.63) is 36.5 Å². The van der Waals surface area contributed by atoms with Crippen molar-refractivity contribution in [3.8, 4) is 0 Å². The summed E-state index contributed by atoms with van der Waals surface area (Å²) in [6.07, 6.45) is 7.26. The van der Waals surface area contributed by atoms with Gasteiger partial charge in [0, 0.05) is 29.5 Å².